The number of phenols is 1. The number of anilines is 1. The topological polar surface area (TPSA) is 91.6 Å². The number of nitriles is 1. The Labute approximate surface area is 194 Å². The number of nitrogens with one attached hydrogen (secondary N) is 1. The van der Waals surface area contributed by atoms with E-state index in [1.54, 1.807) is 24.3 Å². The number of amides is 1. The van der Waals surface area contributed by atoms with Gasteiger partial charge in [0.2, 0.25) is 0 Å². The average molecular weight is 493 g/mol. The van der Waals surface area contributed by atoms with Gasteiger partial charge in [0.1, 0.15) is 24.0 Å². The second-order valence-corrected chi connectivity index (χ2v) is 7.83. The summed E-state index contributed by atoms with van der Waals surface area (Å²) in [5.74, 6) is 0.514. The number of rotatable bonds is 7. The summed E-state index contributed by atoms with van der Waals surface area (Å²) < 4.78 is 12.0. The fourth-order valence-corrected chi connectivity index (χ4v) is 3.44. The van der Waals surface area contributed by atoms with Gasteiger partial charge in [-0.2, -0.15) is 5.26 Å². The van der Waals surface area contributed by atoms with Crippen molar-refractivity contribution in [3.05, 3.63) is 87.4 Å². The van der Waals surface area contributed by atoms with Gasteiger partial charge in [0.05, 0.1) is 11.6 Å². The number of phenolic OH excluding ortho intramolecular Hbond substituents is 1. The highest BCUT2D eigenvalue weighted by Crippen LogP contribution is 2.37. The highest BCUT2D eigenvalue weighted by Gasteiger charge is 2.14. The molecule has 162 valence electrons. The summed E-state index contributed by atoms with van der Waals surface area (Å²) >= 11 is 3.49. The maximum Gasteiger partial charge on any atom is 0.266 e. The molecule has 0 fully saturated rings. The standard InChI is InChI=1S/C25H21BrN2O4/c1-16-3-5-17(6-4-16)15-32-24-22(26)12-18(13-23(24)31-2)11-19(14-27)25(30)28-20-7-9-21(29)10-8-20/h3-13,29H,15H2,1-2H3,(H,28,30)/b19-11-. The third kappa shape index (κ3) is 5.90. The number of ether oxygens (including phenoxy) is 2. The molecular weight excluding hydrogens is 472 g/mol. The highest BCUT2D eigenvalue weighted by atomic mass is 79.9. The Kier molecular flexibility index (Phi) is 7.53. The van der Waals surface area contributed by atoms with Crippen LogP contribution in [0, 0.1) is 18.3 Å². The number of aromatic hydroxyl groups is 1. The third-order valence-corrected chi connectivity index (χ3v) is 5.15. The molecule has 0 radical (unpaired) electrons. The van der Waals surface area contributed by atoms with E-state index in [-0.39, 0.29) is 11.3 Å². The second-order valence-electron chi connectivity index (χ2n) is 6.98. The molecule has 7 heteroatoms. The van der Waals surface area contributed by atoms with E-state index in [2.05, 4.69) is 21.2 Å². The molecule has 0 aliphatic rings. The van der Waals surface area contributed by atoms with Crippen molar-refractivity contribution in [1.29, 1.82) is 5.26 Å². The fourth-order valence-electron chi connectivity index (χ4n) is 2.86. The number of halogens is 1. The van der Waals surface area contributed by atoms with Gasteiger partial charge in [0.25, 0.3) is 5.91 Å². The van der Waals surface area contributed by atoms with E-state index in [0.717, 1.165) is 5.56 Å². The molecule has 0 aliphatic carbocycles. The number of carbonyl (C=O) groups is 1. The number of nitrogens with zero attached hydrogens (tertiary/aromatic N) is 1. The summed E-state index contributed by atoms with van der Waals surface area (Å²) in [6, 6.07) is 19.4. The first-order valence-corrected chi connectivity index (χ1v) is 10.5. The first kappa shape index (κ1) is 22.9. The average Bonchev–Trinajstić information content (AvgIpc) is 2.79. The monoisotopic (exact) mass is 492 g/mol. The Hall–Kier alpha value is -3.76. The molecule has 6 nitrogen and oxygen atoms in total. The van der Waals surface area contributed by atoms with Crippen LogP contribution in [0.2, 0.25) is 0 Å². The van der Waals surface area contributed by atoms with Crippen molar-refractivity contribution in [3.8, 4) is 23.3 Å². The molecule has 3 aromatic carbocycles. The van der Waals surface area contributed by atoms with Crippen LogP contribution in [-0.2, 0) is 11.4 Å². The van der Waals surface area contributed by atoms with Crippen LogP contribution in [0.25, 0.3) is 6.08 Å². The van der Waals surface area contributed by atoms with Gasteiger partial charge in [0.15, 0.2) is 11.5 Å². The number of hydrogen-bond acceptors (Lipinski definition) is 5. The van der Waals surface area contributed by atoms with Crippen molar-refractivity contribution in [2.75, 3.05) is 12.4 Å². The molecule has 3 aromatic rings. The van der Waals surface area contributed by atoms with Crippen molar-refractivity contribution in [2.24, 2.45) is 0 Å². The number of hydrogen-bond donors (Lipinski definition) is 2. The van der Waals surface area contributed by atoms with Gasteiger partial charge >= 0.3 is 0 Å². The van der Waals surface area contributed by atoms with Crippen LogP contribution >= 0.6 is 15.9 Å². The Bertz CT molecular complexity index is 1180. The number of carbonyl (C=O) groups excluding carboxylic acids is 1. The molecule has 0 saturated carbocycles. The number of aryl methyl sites for hydroxylation is 1. The van der Waals surface area contributed by atoms with Crippen molar-refractivity contribution in [3.63, 3.8) is 0 Å². The smallest absolute Gasteiger partial charge is 0.266 e. The van der Waals surface area contributed by atoms with E-state index in [4.69, 9.17) is 9.47 Å². The fraction of sp³-hybridized carbons (Fsp3) is 0.120. The molecule has 1 amide bonds. The number of methoxy groups -OCH3 is 1. The van der Waals surface area contributed by atoms with Gasteiger partial charge in [-0.05, 0) is 76.5 Å². The van der Waals surface area contributed by atoms with E-state index in [9.17, 15) is 15.2 Å². The summed E-state index contributed by atoms with van der Waals surface area (Å²) in [6.07, 6.45) is 1.47. The minimum atomic E-state index is -0.562. The lowest BCUT2D eigenvalue weighted by Crippen LogP contribution is -2.13. The summed E-state index contributed by atoms with van der Waals surface area (Å²) in [5.41, 5.74) is 3.17. The molecule has 0 heterocycles. The molecule has 32 heavy (non-hydrogen) atoms. The second kappa shape index (κ2) is 10.5. The molecule has 0 aromatic heterocycles. The van der Waals surface area contributed by atoms with E-state index < -0.39 is 5.91 Å². The first-order valence-electron chi connectivity index (χ1n) is 9.67. The van der Waals surface area contributed by atoms with Gasteiger partial charge in [-0.1, -0.05) is 29.8 Å². The molecule has 2 N–H and O–H groups in total. The van der Waals surface area contributed by atoms with Crippen LogP contribution in [-0.4, -0.2) is 18.1 Å². The van der Waals surface area contributed by atoms with E-state index >= 15 is 0 Å². The lowest BCUT2D eigenvalue weighted by atomic mass is 10.1. The van der Waals surface area contributed by atoms with Gasteiger partial charge in [0, 0.05) is 5.69 Å². The van der Waals surface area contributed by atoms with Crippen molar-refractivity contribution in [2.45, 2.75) is 13.5 Å². The van der Waals surface area contributed by atoms with Gasteiger partial charge in [-0.15, -0.1) is 0 Å². The maximum atomic E-state index is 12.5. The maximum absolute atomic E-state index is 12.5. The molecule has 0 atom stereocenters. The lowest BCUT2D eigenvalue weighted by Gasteiger charge is -2.14. The van der Waals surface area contributed by atoms with Crippen LogP contribution < -0.4 is 14.8 Å². The summed E-state index contributed by atoms with van der Waals surface area (Å²) in [5, 5.41) is 21.5. The van der Waals surface area contributed by atoms with Gasteiger partial charge < -0.3 is 19.9 Å². The zero-order valence-electron chi connectivity index (χ0n) is 17.6. The van der Waals surface area contributed by atoms with Crippen LogP contribution in [0.5, 0.6) is 17.2 Å². The Balaban J connectivity index is 1.80. The van der Waals surface area contributed by atoms with Crippen LogP contribution in [0.3, 0.4) is 0 Å². The molecular formula is C25H21BrN2O4. The summed E-state index contributed by atoms with van der Waals surface area (Å²) in [7, 11) is 1.52. The first-order chi connectivity index (χ1) is 15.4. The van der Waals surface area contributed by atoms with Crippen LogP contribution in [0.15, 0.2) is 70.7 Å². The minimum absolute atomic E-state index is 0.0830. The zero-order valence-corrected chi connectivity index (χ0v) is 19.1. The molecule has 0 saturated heterocycles. The van der Waals surface area contributed by atoms with Crippen molar-refractivity contribution < 1.29 is 19.4 Å². The van der Waals surface area contributed by atoms with Crippen LogP contribution in [0.4, 0.5) is 5.69 Å². The van der Waals surface area contributed by atoms with E-state index in [1.165, 1.54) is 30.9 Å². The van der Waals surface area contributed by atoms with Crippen LogP contribution in [0.1, 0.15) is 16.7 Å². The largest absolute Gasteiger partial charge is 0.508 e. The zero-order chi connectivity index (χ0) is 23.1. The van der Waals surface area contributed by atoms with Gasteiger partial charge in [-0.3, -0.25) is 4.79 Å². The van der Waals surface area contributed by atoms with Crippen molar-refractivity contribution >= 4 is 33.6 Å². The molecule has 0 unspecified atom stereocenters. The SMILES string of the molecule is COc1cc(/C=C(/C#N)C(=O)Nc2ccc(O)cc2)cc(Br)c1OCc1ccc(C)cc1. The minimum Gasteiger partial charge on any atom is -0.508 e. The lowest BCUT2D eigenvalue weighted by molar-refractivity contribution is -0.112. The molecule has 0 spiro atoms. The number of benzene rings is 3. The molecule has 0 bridgehead atoms. The van der Waals surface area contributed by atoms with Gasteiger partial charge in [-0.25, -0.2) is 0 Å². The predicted octanol–water partition coefficient (Wildman–Crippen LogP) is 5.60. The molecule has 0 aliphatic heterocycles. The van der Waals surface area contributed by atoms with E-state index in [1.807, 2.05) is 37.3 Å². The molecule has 3 rings (SSSR count). The summed E-state index contributed by atoms with van der Waals surface area (Å²) in [4.78, 5) is 12.5. The predicted molar refractivity (Wildman–Crippen MR) is 127 cm³/mol. The van der Waals surface area contributed by atoms with E-state index in [0.29, 0.717) is 33.8 Å². The Morgan fingerprint density at radius 3 is 2.47 bits per heavy atom. The van der Waals surface area contributed by atoms with Crippen molar-refractivity contribution in [1.82, 2.24) is 0 Å². The quantitative estimate of drug-likeness (QED) is 0.254. The normalized spacial score (nSPS) is 10.9. The Morgan fingerprint density at radius 1 is 1.16 bits per heavy atom. The highest BCUT2D eigenvalue weighted by molar-refractivity contribution is 9.10. The Morgan fingerprint density at radius 2 is 1.84 bits per heavy atom. The summed E-state index contributed by atoms with van der Waals surface area (Å²) in [6.45, 7) is 2.39. The third-order valence-electron chi connectivity index (χ3n) is 4.56.